The summed E-state index contributed by atoms with van der Waals surface area (Å²) < 4.78 is 10.4. The van der Waals surface area contributed by atoms with Crippen LogP contribution in [-0.2, 0) is 14.3 Å². The number of carbonyl (C=O) groups is 1. The molecule has 1 aliphatic rings. The summed E-state index contributed by atoms with van der Waals surface area (Å²) in [5.41, 5.74) is 0.317. The molecule has 0 amide bonds. The summed E-state index contributed by atoms with van der Waals surface area (Å²) in [6, 6.07) is 0. The Hall–Kier alpha value is -1.03. The molecule has 1 heterocycles. The number of hydrogen-bond acceptors (Lipinski definition) is 3. The van der Waals surface area contributed by atoms with Crippen LogP contribution in [0.5, 0.6) is 0 Å². The van der Waals surface area contributed by atoms with Gasteiger partial charge in [-0.05, 0) is 19.8 Å². The fourth-order valence-corrected chi connectivity index (χ4v) is 1.07. The molecular weight excluding hydrogens is 172 g/mol. The van der Waals surface area contributed by atoms with E-state index in [-0.39, 0.29) is 6.10 Å². The highest BCUT2D eigenvalue weighted by Crippen LogP contribution is 2.09. The van der Waals surface area contributed by atoms with Crippen LogP contribution in [-0.4, -0.2) is 30.4 Å². The Balaban J connectivity index is 2.58. The third kappa shape index (κ3) is 3.46. The third-order valence-corrected chi connectivity index (χ3v) is 1.80. The zero-order valence-electron chi connectivity index (χ0n) is 7.66. The Labute approximate surface area is 77.1 Å². The summed E-state index contributed by atoms with van der Waals surface area (Å²) in [4.78, 5) is 10.6. The Bertz CT molecular complexity index is 210. The number of rotatable bonds is 1. The van der Waals surface area contributed by atoms with Crippen molar-refractivity contribution in [3.63, 3.8) is 0 Å². The largest absolute Gasteiger partial charge is 0.495 e. The average Bonchev–Trinajstić information content (AvgIpc) is 2.17. The van der Waals surface area contributed by atoms with Gasteiger partial charge in [-0.3, -0.25) is 0 Å². The van der Waals surface area contributed by atoms with E-state index in [1.165, 1.54) is 6.26 Å². The van der Waals surface area contributed by atoms with Gasteiger partial charge in [0.25, 0.3) is 0 Å². The second-order valence-electron chi connectivity index (χ2n) is 3.07. The molecule has 0 aromatic rings. The smallest absolute Gasteiger partial charge is 0.334 e. The van der Waals surface area contributed by atoms with Crippen LogP contribution < -0.4 is 0 Å². The van der Waals surface area contributed by atoms with Crippen molar-refractivity contribution in [2.45, 2.75) is 25.9 Å². The van der Waals surface area contributed by atoms with E-state index in [0.717, 1.165) is 6.42 Å². The molecule has 13 heavy (non-hydrogen) atoms. The van der Waals surface area contributed by atoms with Crippen LogP contribution in [0.1, 0.15) is 19.8 Å². The summed E-state index contributed by atoms with van der Waals surface area (Å²) >= 11 is 0. The first-order valence-electron chi connectivity index (χ1n) is 4.35. The van der Waals surface area contributed by atoms with E-state index in [4.69, 9.17) is 14.6 Å². The summed E-state index contributed by atoms with van der Waals surface area (Å²) in [5, 5.41) is 8.74. The Morgan fingerprint density at radius 1 is 1.69 bits per heavy atom. The predicted octanol–water partition coefficient (Wildman–Crippen LogP) is 1.17. The van der Waals surface area contributed by atoms with Gasteiger partial charge < -0.3 is 14.6 Å². The highest BCUT2D eigenvalue weighted by atomic mass is 16.5. The lowest BCUT2D eigenvalue weighted by Gasteiger charge is -2.09. The molecule has 0 radical (unpaired) electrons. The van der Waals surface area contributed by atoms with Gasteiger partial charge in [-0.25, -0.2) is 4.79 Å². The molecule has 1 unspecified atom stereocenters. The highest BCUT2D eigenvalue weighted by Gasteiger charge is 2.11. The summed E-state index contributed by atoms with van der Waals surface area (Å²) in [6.07, 6.45) is 2.49. The molecule has 74 valence electrons. The van der Waals surface area contributed by atoms with Crippen molar-refractivity contribution in [2.24, 2.45) is 0 Å². The second kappa shape index (κ2) is 4.87. The number of carboxylic acid groups (broad SMARTS) is 1. The van der Waals surface area contributed by atoms with Gasteiger partial charge in [0.1, 0.15) is 6.10 Å². The maximum Gasteiger partial charge on any atom is 0.334 e. The van der Waals surface area contributed by atoms with Crippen molar-refractivity contribution in [3.05, 3.63) is 11.8 Å². The molecule has 0 aromatic carbocycles. The molecule has 1 aliphatic heterocycles. The molecule has 0 bridgehead atoms. The fraction of sp³-hybridized carbons (Fsp3) is 0.667. The van der Waals surface area contributed by atoms with Crippen molar-refractivity contribution >= 4 is 5.97 Å². The number of ether oxygens (including phenoxy) is 2. The summed E-state index contributed by atoms with van der Waals surface area (Å²) in [5.74, 6) is -0.908. The third-order valence-electron chi connectivity index (χ3n) is 1.80. The van der Waals surface area contributed by atoms with Crippen LogP contribution in [0.25, 0.3) is 0 Å². The van der Waals surface area contributed by atoms with E-state index in [2.05, 4.69) is 0 Å². The Morgan fingerprint density at radius 2 is 2.46 bits per heavy atom. The minimum absolute atomic E-state index is 0.0764. The van der Waals surface area contributed by atoms with E-state index in [0.29, 0.717) is 25.2 Å². The first kappa shape index (κ1) is 10.1. The molecule has 4 nitrogen and oxygen atoms in total. The zero-order chi connectivity index (χ0) is 9.68. The second-order valence-corrected chi connectivity index (χ2v) is 3.07. The van der Waals surface area contributed by atoms with Crippen molar-refractivity contribution in [1.82, 2.24) is 0 Å². The van der Waals surface area contributed by atoms with Crippen LogP contribution in [0.2, 0.25) is 0 Å². The van der Waals surface area contributed by atoms with Crippen LogP contribution in [0.4, 0.5) is 0 Å². The first-order chi connectivity index (χ1) is 6.20. The lowest BCUT2D eigenvalue weighted by molar-refractivity contribution is -0.133. The SMILES string of the molecule is CC1COCCCC(C(=O)O)=CO1. The van der Waals surface area contributed by atoms with E-state index >= 15 is 0 Å². The molecule has 1 rings (SSSR count). The van der Waals surface area contributed by atoms with Gasteiger partial charge >= 0.3 is 5.97 Å². The molecule has 0 saturated carbocycles. The van der Waals surface area contributed by atoms with Gasteiger partial charge in [0.2, 0.25) is 0 Å². The van der Waals surface area contributed by atoms with Gasteiger partial charge in [0, 0.05) is 6.61 Å². The van der Waals surface area contributed by atoms with Crippen molar-refractivity contribution in [3.8, 4) is 0 Å². The van der Waals surface area contributed by atoms with Gasteiger partial charge in [-0.2, -0.15) is 0 Å². The fourth-order valence-electron chi connectivity index (χ4n) is 1.07. The molecule has 0 saturated heterocycles. The molecule has 0 fully saturated rings. The average molecular weight is 186 g/mol. The monoisotopic (exact) mass is 186 g/mol. The lowest BCUT2D eigenvalue weighted by Crippen LogP contribution is -2.13. The Kier molecular flexibility index (Phi) is 3.76. The molecular formula is C9H14O4. The number of hydrogen-bond donors (Lipinski definition) is 1. The molecule has 4 heteroatoms. The van der Waals surface area contributed by atoms with E-state index in [1.54, 1.807) is 0 Å². The topological polar surface area (TPSA) is 55.8 Å². The molecule has 1 atom stereocenters. The van der Waals surface area contributed by atoms with Gasteiger partial charge in [0.05, 0.1) is 18.4 Å². The number of carboxylic acids is 1. The van der Waals surface area contributed by atoms with Crippen molar-refractivity contribution in [2.75, 3.05) is 13.2 Å². The van der Waals surface area contributed by atoms with E-state index < -0.39 is 5.97 Å². The van der Waals surface area contributed by atoms with Crippen molar-refractivity contribution < 1.29 is 19.4 Å². The minimum Gasteiger partial charge on any atom is -0.495 e. The quantitative estimate of drug-likeness (QED) is 0.667. The summed E-state index contributed by atoms with van der Waals surface area (Å²) in [6.45, 7) is 2.96. The highest BCUT2D eigenvalue weighted by molar-refractivity contribution is 5.86. The maximum atomic E-state index is 10.6. The van der Waals surface area contributed by atoms with Crippen LogP contribution in [0.15, 0.2) is 11.8 Å². The zero-order valence-corrected chi connectivity index (χ0v) is 7.66. The standard InChI is InChI=1S/C9H14O4/c1-7-5-12-4-2-3-8(6-13-7)9(10)11/h6-7H,2-5H2,1H3,(H,10,11). The summed E-state index contributed by atoms with van der Waals surface area (Å²) in [7, 11) is 0. The predicted molar refractivity (Wildman–Crippen MR) is 46.3 cm³/mol. The van der Waals surface area contributed by atoms with Gasteiger partial charge in [0.15, 0.2) is 0 Å². The maximum absolute atomic E-state index is 10.6. The molecule has 0 aliphatic carbocycles. The van der Waals surface area contributed by atoms with Crippen LogP contribution in [0.3, 0.4) is 0 Å². The molecule has 1 N–H and O–H groups in total. The van der Waals surface area contributed by atoms with Crippen molar-refractivity contribution in [1.29, 1.82) is 0 Å². The van der Waals surface area contributed by atoms with Crippen LogP contribution >= 0.6 is 0 Å². The molecule has 0 spiro atoms. The lowest BCUT2D eigenvalue weighted by atomic mass is 10.2. The Morgan fingerprint density at radius 3 is 3.15 bits per heavy atom. The van der Waals surface area contributed by atoms with Gasteiger partial charge in [-0.15, -0.1) is 0 Å². The first-order valence-corrected chi connectivity index (χ1v) is 4.35. The van der Waals surface area contributed by atoms with E-state index in [9.17, 15) is 4.79 Å². The normalized spacial score (nSPS) is 24.7. The molecule has 0 aromatic heterocycles. The van der Waals surface area contributed by atoms with Crippen LogP contribution in [0, 0.1) is 0 Å². The minimum atomic E-state index is -0.908. The van der Waals surface area contributed by atoms with E-state index in [1.807, 2.05) is 6.92 Å². The van der Waals surface area contributed by atoms with Gasteiger partial charge in [-0.1, -0.05) is 0 Å². The number of aliphatic carboxylic acids is 1.